The molecule has 22 heavy (non-hydrogen) atoms. The quantitative estimate of drug-likeness (QED) is 0.856. The molecule has 0 radical (unpaired) electrons. The maximum absolute atomic E-state index is 4.56. The molecule has 3 heterocycles. The molecule has 1 aromatic heterocycles. The van der Waals surface area contributed by atoms with Crippen molar-refractivity contribution >= 4 is 0 Å². The summed E-state index contributed by atoms with van der Waals surface area (Å²) in [6, 6.07) is 0.629. The van der Waals surface area contributed by atoms with Crippen LogP contribution in [0.15, 0.2) is 0 Å². The molecular formula is C17H31N5. The van der Waals surface area contributed by atoms with Gasteiger partial charge in [0.1, 0.15) is 11.6 Å². The van der Waals surface area contributed by atoms with Crippen LogP contribution in [0.5, 0.6) is 0 Å². The Morgan fingerprint density at radius 1 is 1.05 bits per heavy atom. The Balaban J connectivity index is 1.67. The van der Waals surface area contributed by atoms with Gasteiger partial charge in [-0.3, -0.25) is 4.90 Å². The lowest BCUT2D eigenvalue weighted by Gasteiger charge is -2.35. The zero-order valence-corrected chi connectivity index (χ0v) is 14.5. The van der Waals surface area contributed by atoms with E-state index in [0.717, 1.165) is 18.9 Å². The van der Waals surface area contributed by atoms with Crippen LogP contribution in [0.25, 0.3) is 0 Å². The van der Waals surface area contributed by atoms with Gasteiger partial charge in [0.05, 0.1) is 6.54 Å². The van der Waals surface area contributed by atoms with Gasteiger partial charge in [-0.25, -0.2) is 0 Å². The molecule has 1 unspecified atom stereocenters. The van der Waals surface area contributed by atoms with Gasteiger partial charge in [-0.15, -0.1) is 10.2 Å². The van der Waals surface area contributed by atoms with Crippen molar-refractivity contribution in [2.24, 2.45) is 7.05 Å². The Hall–Kier alpha value is -0.940. The van der Waals surface area contributed by atoms with E-state index in [9.17, 15) is 0 Å². The predicted molar refractivity (Wildman–Crippen MR) is 88.8 cm³/mol. The highest BCUT2D eigenvalue weighted by atomic mass is 15.3. The first-order valence-corrected chi connectivity index (χ1v) is 8.99. The third-order valence-corrected chi connectivity index (χ3v) is 5.36. The summed E-state index contributed by atoms with van der Waals surface area (Å²) in [5.41, 5.74) is 0. The van der Waals surface area contributed by atoms with E-state index >= 15 is 0 Å². The summed E-state index contributed by atoms with van der Waals surface area (Å²) >= 11 is 0. The van der Waals surface area contributed by atoms with Gasteiger partial charge in [0, 0.05) is 25.6 Å². The highest BCUT2D eigenvalue weighted by molar-refractivity contribution is 5.04. The Bertz CT molecular complexity index is 475. The van der Waals surface area contributed by atoms with Crippen LogP contribution in [0.2, 0.25) is 0 Å². The van der Waals surface area contributed by atoms with Crippen LogP contribution in [0.1, 0.15) is 63.5 Å². The van der Waals surface area contributed by atoms with Crippen molar-refractivity contribution in [1.82, 2.24) is 24.6 Å². The number of hydrogen-bond acceptors (Lipinski definition) is 4. The molecule has 2 saturated heterocycles. The molecule has 3 rings (SSSR count). The molecule has 1 aromatic rings. The Kier molecular flexibility index (Phi) is 5.14. The van der Waals surface area contributed by atoms with E-state index in [4.69, 9.17) is 0 Å². The smallest absolute Gasteiger partial charge is 0.146 e. The third kappa shape index (κ3) is 3.51. The lowest BCUT2D eigenvalue weighted by molar-refractivity contribution is 0.163. The van der Waals surface area contributed by atoms with Crippen molar-refractivity contribution in [2.45, 2.75) is 64.5 Å². The monoisotopic (exact) mass is 305 g/mol. The second kappa shape index (κ2) is 7.09. The molecule has 2 fully saturated rings. The Labute approximate surface area is 134 Å². The van der Waals surface area contributed by atoms with E-state index in [0.29, 0.717) is 12.0 Å². The standard InChI is InChI=1S/C17H31N5/c1-14(2)22-11-7-8-15(12-22)17-19-18-16(20(17)3)13-21-9-5-4-6-10-21/h14-15H,4-13H2,1-3H3. The second-order valence-electron chi connectivity index (χ2n) is 7.30. The van der Waals surface area contributed by atoms with Gasteiger partial charge in [0.25, 0.3) is 0 Å². The third-order valence-electron chi connectivity index (χ3n) is 5.36. The number of nitrogens with zero attached hydrogens (tertiary/aromatic N) is 5. The number of hydrogen-bond donors (Lipinski definition) is 0. The lowest BCUT2D eigenvalue weighted by Crippen LogP contribution is -2.39. The molecule has 0 N–H and O–H groups in total. The minimum absolute atomic E-state index is 0.545. The summed E-state index contributed by atoms with van der Waals surface area (Å²) in [5, 5.41) is 9.07. The zero-order chi connectivity index (χ0) is 15.5. The SMILES string of the molecule is CC(C)N1CCCC(c2nnc(CN3CCCCC3)n2C)C1. The predicted octanol–water partition coefficient (Wildman–Crippen LogP) is 2.39. The van der Waals surface area contributed by atoms with Gasteiger partial charge >= 0.3 is 0 Å². The Morgan fingerprint density at radius 2 is 1.82 bits per heavy atom. The highest BCUT2D eigenvalue weighted by Gasteiger charge is 2.27. The van der Waals surface area contributed by atoms with Crippen molar-refractivity contribution in [3.63, 3.8) is 0 Å². The van der Waals surface area contributed by atoms with Crippen LogP contribution < -0.4 is 0 Å². The molecule has 2 aliphatic heterocycles. The minimum atomic E-state index is 0.545. The fourth-order valence-corrected chi connectivity index (χ4v) is 3.87. The van der Waals surface area contributed by atoms with Crippen molar-refractivity contribution in [1.29, 1.82) is 0 Å². The van der Waals surface area contributed by atoms with Crippen molar-refractivity contribution < 1.29 is 0 Å². The fraction of sp³-hybridized carbons (Fsp3) is 0.882. The van der Waals surface area contributed by atoms with Gasteiger partial charge < -0.3 is 9.47 Å². The molecule has 1 atom stereocenters. The van der Waals surface area contributed by atoms with Crippen LogP contribution in [0.4, 0.5) is 0 Å². The summed E-state index contributed by atoms with van der Waals surface area (Å²) in [6.07, 6.45) is 6.57. The summed E-state index contributed by atoms with van der Waals surface area (Å²) in [7, 11) is 2.16. The first kappa shape index (κ1) is 15.9. The molecule has 0 saturated carbocycles. The molecule has 0 aliphatic carbocycles. The second-order valence-corrected chi connectivity index (χ2v) is 7.30. The van der Waals surface area contributed by atoms with Gasteiger partial charge in [0.15, 0.2) is 0 Å². The maximum atomic E-state index is 4.56. The van der Waals surface area contributed by atoms with Gasteiger partial charge in [-0.05, 0) is 59.2 Å². The van der Waals surface area contributed by atoms with Crippen LogP contribution >= 0.6 is 0 Å². The number of rotatable bonds is 4. The van der Waals surface area contributed by atoms with E-state index in [1.54, 1.807) is 0 Å². The van der Waals surface area contributed by atoms with Gasteiger partial charge in [-0.2, -0.15) is 0 Å². The fourth-order valence-electron chi connectivity index (χ4n) is 3.87. The average Bonchev–Trinajstić information content (AvgIpc) is 2.89. The number of piperidine rings is 2. The molecular weight excluding hydrogens is 274 g/mol. The van der Waals surface area contributed by atoms with Crippen LogP contribution in [-0.4, -0.2) is 56.8 Å². The van der Waals surface area contributed by atoms with E-state index in [2.05, 4.69) is 45.5 Å². The van der Waals surface area contributed by atoms with Crippen molar-refractivity contribution in [3.05, 3.63) is 11.6 Å². The molecule has 5 nitrogen and oxygen atoms in total. The van der Waals surface area contributed by atoms with Crippen LogP contribution in [0.3, 0.4) is 0 Å². The summed E-state index contributed by atoms with van der Waals surface area (Å²) < 4.78 is 2.27. The maximum Gasteiger partial charge on any atom is 0.146 e. The minimum Gasteiger partial charge on any atom is -0.317 e. The first-order chi connectivity index (χ1) is 10.6. The van der Waals surface area contributed by atoms with Crippen LogP contribution in [-0.2, 0) is 13.6 Å². The van der Waals surface area contributed by atoms with E-state index < -0.39 is 0 Å². The molecule has 0 amide bonds. The topological polar surface area (TPSA) is 37.2 Å². The van der Waals surface area contributed by atoms with Crippen molar-refractivity contribution in [2.75, 3.05) is 26.2 Å². The molecule has 0 spiro atoms. The number of aromatic nitrogens is 3. The first-order valence-electron chi connectivity index (χ1n) is 8.99. The average molecular weight is 305 g/mol. The largest absolute Gasteiger partial charge is 0.317 e. The normalized spacial score (nSPS) is 25.0. The molecule has 124 valence electrons. The molecule has 2 aliphatic rings. The highest BCUT2D eigenvalue weighted by Crippen LogP contribution is 2.27. The van der Waals surface area contributed by atoms with E-state index in [1.165, 1.54) is 57.6 Å². The Morgan fingerprint density at radius 3 is 2.55 bits per heavy atom. The number of likely N-dealkylation sites (tertiary alicyclic amines) is 2. The molecule has 5 heteroatoms. The zero-order valence-electron chi connectivity index (χ0n) is 14.5. The molecule has 0 bridgehead atoms. The molecule has 0 aromatic carbocycles. The van der Waals surface area contributed by atoms with Gasteiger partial charge in [-0.1, -0.05) is 6.42 Å². The van der Waals surface area contributed by atoms with Crippen LogP contribution in [0, 0.1) is 0 Å². The van der Waals surface area contributed by atoms with E-state index in [1.807, 2.05) is 0 Å². The summed E-state index contributed by atoms with van der Waals surface area (Å²) in [6.45, 7) is 10.3. The van der Waals surface area contributed by atoms with E-state index in [-0.39, 0.29) is 0 Å². The summed E-state index contributed by atoms with van der Waals surface area (Å²) in [5.74, 6) is 2.87. The van der Waals surface area contributed by atoms with Crippen molar-refractivity contribution in [3.8, 4) is 0 Å². The van der Waals surface area contributed by atoms with Gasteiger partial charge in [0.2, 0.25) is 0 Å². The summed E-state index contributed by atoms with van der Waals surface area (Å²) in [4.78, 5) is 5.10. The lowest BCUT2D eigenvalue weighted by atomic mass is 9.96.